The van der Waals surface area contributed by atoms with Gasteiger partial charge in [0.1, 0.15) is 0 Å². The molecule has 0 spiro atoms. The number of fused-ring (bicyclic) bond motifs is 1. The van der Waals surface area contributed by atoms with Crippen LogP contribution in [0.1, 0.15) is 24.8 Å². The lowest BCUT2D eigenvalue weighted by Crippen LogP contribution is -2.43. The van der Waals surface area contributed by atoms with E-state index in [9.17, 15) is 0 Å². The van der Waals surface area contributed by atoms with Crippen molar-refractivity contribution in [1.82, 2.24) is 10.3 Å². The smallest absolute Gasteiger partial charge is 0.0346 e. The Labute approximate surface area is 119 Å². The zero-order valence-electron chi connectivity index (χ0n) is 11.4. The first kappa shape index (κ1) is 12.9. The number of rotatable bonds is 5. The summed E-state index contributed by atoms with van der Waals surface area (Å²) in [6.07, 6.45) is 10.3. The number of nitrogens with zero attached hydrogens (tertiary/aromatic N) is 1. The summed E-state index contributed by atoms with van der Waals surface area (Å²) in [7, 11) is 0. The lowest BCUT2D eigenvalue weighted by molar-refractivity contribution is 0.345. The molecule has 19 heavy (non-hydrogen) atoms. The van der Waals surface area contributed by atoms with Crippen molar-refractivity contribution in [3.8, 4) is 0 Å². The quantitative estimate of drug-likeness (QED) is 0.900. The molecule has 3 heteroatoms. The summed E-state index contributed by atoms with van der Waals surface area (Å²) in [5.41, 5.74) is 1.30. The van der Waals surface area contributed by atoms with Crippen LogP contribution >= 0.6 is 11.8 Å². The number of nitrogens with one attached hydrogen (secondary N) is 1. The average molecular weight is 272 g/mol. The molecular weight excluding hydrogens is 252 g/mol. The van der Waals surface area contributed by atoms with E-state index in [0.29, 0.717) is 4.75 Å². The number of aromatic nitrogens is 1. The fourth-order valence-electron chi connectivity index (χ4n) is 2.77. The molecular formula is C16H20N2S. The molecule has 0 saturated heterocycles. The van der Waals surface area contributed by atoms with Gasteiger partial charge in [-0.2, -0.15) is 11.8 Å². The number of benzene rings is 1. The van der Waals surface area contributed by atoms with Gasteiger partial charge in [-0.1, -0.05) is 30.7 Å². The Morgan fingerprint density at radius 3 is 2.84 bits per heavy atom. The van der Waals surface area contributed by atoms with Crippen molar-refractivity contribution >= 4 is 22.5 Å². The van der Waals surface area contributed by atoms with Gasteiger partial charge in [-0.25, -0.2) is 0 Å². The molecule has 1 aliphatic rings. The summed E-state index contributed by atoms with van der Waals surface area (Å²) in [6.45, 7) is 2.02. The summed E-state index contributed by atoms with van der Waals surface area (Å²) in [6, 6.07) is 8.47. The second-order valence-corrected chi connectivity index (χ2v) is 6.64. The standard InChI is InChI=1S/C16H20N2S/c1-19-16(7-4-8-16)12-18-11-14-10-17-9-13-5-2-3-6-15(13)14/h2-3,5-6,9-10,18H,4,7-8,11-12H2,1H3. The van der Waals surface area contributed by atoms with E-state index in [1.807, 2.05) is 24.2 Å². The van der Waals surface area contributed by atoms with Crippen molar-refractivity contribution in [3.05, 3.63) is 42.2 Å². The lowest BCUT2D eigenvalue weighted by Gasteiger charge is -2.40. The molecule has 0 bridgehead atoms. The highest BCUT2D eigenvalue weighted by molar-refractivity contribution is 8.00. The third-order valence-corrected chi connectivity index (χ3v) is 5.63. The summed E-state index contributed by atoms with van der Waals surface area (Å²) in [5.74, 6) is 0. The minimum atomic E-state index is 0.498. The van der Waals surface area contributed by atoms with Crippen LogP contribution in [-0.4, -0.2) is 22.5 Å². The first-order chi connectivity index (χ1) is 9.33. The minimum absolute atomic E-state index is 0.498. The molecule has 1 saturated carbocycles. The van der Waals surface area contributed by atoms with Crippen LogP contribution in [0, 0.1) is 0 Å². The van der Waals surface area contributed by atoms with E-state index < -0.39 is 0 Å². The van der Waals surface area contributed by atoms with Crippen LogP contribution in [0.25, 0.3) is 10.8 Å². The molecule has 3 rings (SSSR count). The van der Waals surface area contributed by atoms with Gasteiger partial charge in [0.05, 0.1) is 0 Å². The Kier molecular flexibility index (Phi) is 3.76. The van der Waals surface area contributed by atoms with Crippen LogP contribution in [0.5, 0.6) is 0 Å². The van der Waals surface area contributed by atoms with E-state index in [4.69, 9.17) is 0 Å². The van der Waals surface area contributed by atoms with Crippen LogP contribution in [0.2, 0.25) is 0 Å². The molecule has 0 unspecified atom stereocenters. The van der Waals surface area contributed by atoms with Crippen molar-refractivity contribution in [2.75, 3.05) is 12.8 Å². The molecule has 0 atom stereocenters. The number of pyridine rings is 1. The fraction of sp³-hybridized carbons (Fsp3) is 0.438. The van der Waals surface area contributed by atoms with Crippen LogP contribution in [-0.2, 0) is 6.54 Å². The molecule has 1 aromatic heterocycles. The van der Waals surface area contributed by atoms with Crippen LogP contribution in [0.15, 0.2) is 36.7 Å². The summed E-state index contributed by atoms with van der Waals surface area (Å²) in [4.78, 5) is 4.34. The van der Waals surface area contributed by atoms with Gasteiger partial charge in [-0.15, -0.1) is 0 Å². The first-order valence-electron chi connectivity index (χ1n) is 6.90. The largest absolute Gasteiger partial charge is 0.311 e. The van der Waals surface area contributed by atoms with Crippen molar-refractivity contribution in [2.24, 2.45) is 0 Å². The molecule has 1 aliphatic carbocycles. The number of thioether (sulfide) groups is 1. The summed E-state index contributed by atoms with van der Waals surface area (Å²) in [5, 5.41) is 6.17. The van der Waals surface area contributed by atoms with Gasteiger partial charge in [-0.05, 0) is 30.0 Å². The van der Waals surface area contributed by atoms with Gasteiger partial charge >= 0.3 is 0 Å². The van der Waals surface area contributed by atoms with Gasteiger partial charge in [0.2, 0.25) is 0 Å². The molecule has 0 amide bonds. The van der Waals surface area contributed by atoms with Crippen LogP contribution in [0.4, 0.5) is 0 Å². The SMILES string of the molecule is CSC1(CNCc2cncc3ccccc23)CCC1. The third kappa shape index (κ3) is 2.63. The highest BCUT2D eigenvalue weighted by Gasteiger charge is 2.35. The van der Waals surface area contributed by atoms with Gasteiger partial charge in [0.15, 0.2) is 0 Å². The van der Waals surface area contributed by atoms with Crippen molar-refractivity contribution in [1.29, 1.82) is 0 Å². The van der Waals surface area contributed by atoms with Gasteiger partial charge in [0, 0.05) is 35.6 Å². The predicted octanol–water partition coefficient (Wildman–Crippen LogP) is 3.61. The van der Waals surface area contributed by atoms with Crippen LogP contribution < -0.4 is 5.32 Å². The Hall–Kier alpha value is -1.06. The van der Waals surface area contributed by atoms with Gasteiger partial charge in [-0.3, -0.25) is 4.98 Å². The highest BCUT2D eigenvalue weighted by Crippen LogP contribution is 2.42. The van der Waals surface area contributed by atoms with Crippen molar-refractivity contribution < 1.29 is 0 Å². The normalized spacial score (nSPS) is 17.3. The van der Waals surface area contributed by atoms with Crippen LogP contribution in [0.3, 0.4) is 0 Å². The van der Waals surface area contributed by atoms with E-state index in [0.717, 1.165) is 13.1 Å². The minimum Gasteiger partial charge on any atom is -0.311 e. The second-order valence-electron chi connectivity index (χ2n) is 5.36. The maximum Gasteiger partial charge on any atom is 0.0346 e. The number of hydrogen-bond acceptors (Lipinski definition) is 3. The Morgan fingerprint density at radius 1 is 1.26 bits per heavy atom. The lowest BCUT2D eigenvalue weighted by atomic mass is 9.84. The fourth-order valence-corrected chi connectivity index (χ4v) is 3.71. The molecule has 2 nitrogen and oxygen atoms in total. The maximum atomic E-state index is 4.34. The average Bonchev–Trinajstić information content (AvgIpc) is 2.42. The molecule has 0 aliphatic heterocycles. The molecule has 1 aromatic carbocycles. The molecule has 100 valence electrons. The van der Waals surface area contributed by atoms with Crippen molar-refractivity contribution in [2.45, 2.75) is 30.6 Å². The summed E-state index contributed by atoms with van der Waals surface area (Å²) < 4.78 is 0.498. The predicted molar refractivity (Wildman–Crippen MR) is 83.5 cm³/mol. The topological polar surface area (TPSA) is 24.9 Å². The van der Waals surface area contributed by atoms with E-state index in [2.05, 4.69) is 40.8 Å². The monoisotopic (exact) mass is 272 g/mol. The molecule has 1 fully saturated rings. The first-order valence-corrected chi connectivity index (χ1v) is 8.13. The second kappa shape index (κ2) is 5.51. The van der Waals surface area contributed by atoms with E-state index in [1.54, 1.807) is 0 Å². The zero-order chi connectivity index (χ0) is 13.1. The zero-order valence-corrected chi connectivity index (χ0v) is 12.2. The Bertz CT molecular complexity index is 553. The maximum absolute atomic E-state index is 4.34. The Morgan fingerprint density at radius 2 is 2.11 bits per heavy atom. The molecule has 1 heterocycles. The molecule has 0 radical (unpaired) electrons. The Balaban J connectivity index is 1.68. The summed E-state index contributed by atoms with van der Waals surface area (Å²) >= 11 is 2.02. The van der Waals surface area contributed by atoms with Crippen molar-refractivity contribution in [3.63, 3.8) is 0 Å². The highest BCUT2D eigenvalue weighted by atomic mass is 32.2. The molecule has 1 N–H and O–H groups in total. The van der Waals surface area contributed by atoms with Gasteiger partial charge < -0.3 is 5.32 Å². The van der Waals surface area contributed by atoms with E-state index in [-0.39, 0.29) is 0 Å². The molecule has 2 aromatic rings. The van der Waals surface area contributed by atoms with E-state index in [1.165, 1.54) is 35.6 Å². The third-order valence-electron chi connectivity index (χ3n) is 4.21. The number of hydrogen-bond donors (Lipinski definition) is 1. The van der Waals surface area contributed by atoms with E-state index >= 15 is 0 Å². The van der Waals surface area contributed by atoms with Gasteiger partial charge in [0.25, 0.3) is 0 Å².